The number of anilines is 1. The van der Waals surface area contributed by atoms with Crippen LogP contribution in [0.25, 0.3) is 0 Å². The van der Waals surface area contributed by atoms with E-state index in [2.05, 4.69) is 10.3 Å². The van der Waals surface area contributed by atoms with Gasteiger partial charge in [-0.15, -0.1) is 0 Å². The summed E-state index contributed by atoms with van der Waals surface area (Å²) in [6.07, 6.45) is 2.90. The van der Waals surface area contributed by atoms with Crippen molar-refractivity contribution < 1.29 is 18.4 Å². The van der Waals surface area contributed by atoms with E-state index >= 15 is 0 Å². The van der Waals surface area contributed by atoms with Gasteiger partial charge in [0.15, 0.2) is 6.04 Å². The molecule has 4 rings (SSSR count). The zero-order valence-corrected chi connectivity index (χ0v) is 17.0. The summed E-state index contributed by atoms with van der Waals surface area (Å²) >= 11 is 0. The Balaban J connectivity index is 1.74. The molecule has 160 valence electrons. The molecule has 6 nitrogen and oxygen atoms in total. The lowest BCUT2D eigenvalue weighted by Crippen LogP contribution is -2.44. The van der Waals surface area contributed by atoms with Crippen molar-refractivity contribution in [3.8, 4) is 0 Å². The Labute approximate surface area is 184 Å². The molecule has 2 amide bonds. The lowest BCUT2D eigenvalue weighted by Gasteiger charge is -2.29. The van der Waals surface area contributed by atoms with Crippen molar-refractivity contribution in [2.75, 3.05) is 4.90 Å². The topological polar surface area (TPSA) is 75.4 Å². The highest BCUT2D eigenvalue weighted by Crippen LogP contribution is 2.30. The van der Waals surface area contributed by atoms with Gasteiger partial charge in [0.2, 0.25) is 0 Å². The maximum atomic E-state index is 14.1. The van der Waals surface area contributed by atoms with Gasteiger partial charge in [0.25, 0.3) is 11.8 Å². The predicted octanol–water partition coefficient (Wildman–Crippen LogP) is 4.52. The second-order valence-corrected chi connectivity index (χ2v) is 6.99. The minimum Gasteiger partial charge on any atom is -0.467 e. The Morgan fingerprint density at radius 2 is 1.78 bits per heavy atom. The molecular weight excluding hydrogens is 409 g/mol. The molecule has 7 heteroatoms. The van der Waals surface area contributed by atoms with Crippen molar-refractivity contribution in [1.82, 2.24) is 10.3 Å². The zero-order valence-electron chi connectivity index (χ0n) is 17.0. The minimum absolute atomic E-state index is 0.115. The van der Waals surface area contributed by atoms with Crippen molar-refractivity contribution in [3.63, 3.8) is 0 Å². The largest absolute Gasteiger partial charge is 0.467 e. The number of hydrogen-bond acceptors (Lipinski definition) is 4. The zero-order chi connectivity index (χ0) is 22.3. The lowest BCUT2D eigenvalue weighted by molar-refractivity contribution is -0.123. The van der Waals surface area contributed by atoms with Crippen LogP contribution in [0.5, 0.6) is 0 Å². The molecule has 32 heavy (non-hydrogen) atoms. The van der Waals surface area contributed by atoms with Crippen LogP contribution in [-0.4, -0.2) is 16.8 Å². The molecule has 4 aromatic rings. The number of nitrogens with zero attached hydrogens (tertiary/aromatic N) is 2. The number of carbonyl (C=O) groups excluding carboxylic acids is 2. The highest BCUT2D eigenvalue weighted by Gasteiger charge is 2.36. The first-order valence-electron chi connectivity index (χ1n) is 9.98. The van der Waals surface area contributed by atoms with Crippen molar-refractivity contribution >= 4 is 17.5 Å². The smallest absolute Gasteiger partial charge is 0.277 e. The van der Waals surface area contributed by atoms with Gasteiger partial charge in [0.1, 0.15) is 17.3 Å². The SMILES string of the molecule is O=C(NCc1ccccc1)[C@H](c1ccco1)N(C(=O)c1ccccn1)c1cccc(F)c1. The number of rotatable bonds is 7. The third-order valence-corrected chi connectivity index (χ3v) is 4.82. The highest BCUT2D eigenvalue weighted by atomic mass is 19.1. The molecule has 2 aromatic heterocycles. The van der Waals surface area contributed by atoms with E-state index in [4.69, 9.17) is 4.42 Å². The third kappa shape index (κ3) is 4.73. The molecule has 1 atom stereocenters. The lowest BCUT2D eigenvalue weighted by atomic mass is 10.1. The first kappa shape index (κ1) is 21.0. The van der Waals surface area contributed by atoms with Gasteiger partial charge in [-0.05, 0) is 48.0 Å². The van der Waals surface area contributed by atoms with Gasteiger partial charge in [0, 0.05) is 18.4 Å². The molecule has 0 saturated heterocycles. The number of halogens is 1. The van der Waals surface area contributed by atoms with Crippen LogP contribution in [0.3, 0.4) is 0 Å². The van der Waals surface area contributed by atoms with Gasteiger partial charge < -0.3 is 9.73 Å². The Bertz CT molecular complexity index is 1180. The molecular formula is C25H20FN3O3. The fourth-order valence-corrected chi connectivity index (χ4v) is 3.32. The number of pyridine rings is 1. The maximum Gasteiger partial charge on any atom is 0.277 e. The average Bonchev–Trinajstić information content (AvgIpc) is 3.36. The quantitative estimate of drug-likeness (QED) is 0.469. The van der Waals surface area contributed by atoms with Crippen molar-refractivity contribution in [2.24, 2.45) is 0 Å². The van der Waals surface area contributed by atoms with Gasteiger partial charge in [-0.3, -0.25) is 19.5 Å². The standard InChI is InChI=1S/C25H20FN3O3/c26-19-10-6-11-20(16-19)29(25(31)21-12-4-5-14-27-21)23(22-13-7-15-32-22)24(30)28-17-18-8-2-1-3-9-18/h1-16,23H,17H2,(H,28,30)/t23-/m0/s1. The van der Waals surface area contributed by atoms with E-state index in [1.54, 1.807) is 30.3 Å². The second kappa shape index (κ2) is 9.70. The van der Waals surface area contributed by atoms with Crippen LogP contribution >= 0.6 is 0 Å². The second-order valence-electron chi connectivity index (χ2n) is 6.99. The Morgan fingerprint density at radius 3 is 2.47 bits per heavy atom. The first-order chi connectivity index (χ1) is 15.6. The molecule has 0 aliphatic carbocycles. The molecule has 0 aliphatic rings. The number of furan rings is 1. The van der Waals surface area contributed by atoms with E-state index in [1.807, 2.05) is 30.3 Å². The van der Waals surface area contributed by atoms with E-state index < -0.39 is 23.7 Å². The van der Waals surface area contributed by atoms with Gasteiger partial charge in [-0.25, -0.2) is 4.39 Å². The maximum absolute atomic E-state index is 14.1. The molecule has 0 aliphatic heterocycles. The van der Waals surface area contributed by atoms with E-state index in [1.165, 1.54) is 41.6 Å². The van der Waals surface area contributed by atoms with E-state index in [0.29, 0.717) is 0 Å². The van der Waals surface area contributed by atoms with Crippen LogP contribution in [-0.2, 0) is 11.3 Å². The van der Waals surface area contributed by atoms with E-state index in [-0.39, 0.29) is 23.7 Å². The van der Waals surface area contributed by atoms with Crippen LogP contribution in [0.2, 0.25) is 0 Å². The van der Waals surface area contributed by atoms with E-state index in [0.717, 1.165) is 5.56 Å². The molecule has 0 unspecified atom stereocenters. The summed E-state index contributed by atoms with van der Waals surface area (Å²) in [5.41, 5.74) is 1.22. The Hall–Kier alpha value is -4.26. The number of aromatic nitrogens is 1. The molecule has 0 spiro atoms. The molecule has 0 bridgehead atoms. The van der Waals surface area contributed by atoms with Crippen LogP contribution < -0.4 is 10.2 Å². The van der Waals surface area contributed by atoms with Crippen LogP contribution in [0.4, 0.5) is 10.1 Å². The van der Waals surface area contributed by atoms with Crippen molar-refractivity contribution in [2.45, 2.75) is 12.6 Å². The predicted molar refractivity (Wildman–Crippen MR) is 117 cm³/mol. The normalized spacial score (nSPS) is 11.5. The van der Waals surface area contributed by atoms with Gasteiger partial charge in [0.05, 0.1) is 6.26 Å². The summed E-state index contributed by atoms with van der Waals surface area (Å²) in [5.74, 6) is -1.34. The fourth-order valence-electron chi connectivity index (χ4n) is 3.32. The average molecular weight is 429 g/mol. The monoisotopic (exact) mass is 429 g/mol. The van der Waals surface area contributed by atoms with Gasteiger partial charge in [-0.1, -0.05) is 42.5 Å². The summed E-state index contributed by atoms with van der Waals surface area (Å²) in [7, 11) is 0. The van der Waals surface area contributed by atoms with Crippen LogP contribution in [0, 0.1) is 5.82 Å². The summed E-state index contributed by atoms with van der Waals surface area (Å²) in [5, 5.41) is 2.85. The number of hydrogen-bond donors (Lipinski definition) is 1. The molecule has 0 fully saturated rings. The summed E-state index contributed by atoms with van der Waals surface area (Å²) in [4.78, 5) is 32.2. The van der Waals surface area contributed by atoms with E-state index in [9.17, 15) is 14.0 Å². The molecule has 0 saturated carbocycles. The summed E-state index contributed by atoms with van der Waals surface area (Å²) < 4.78 is 19.6. The van der Waals surface area contributed by atoms with Crippen molar-refractivity contribution in [1.29, 1.82) is 0 Å². The Kier molecular flexibility index (Phi) is 6.36. The van der Waals surface area contributed by atoms with Crippen LogP contribution in [0.15, 0.2) is 102 Å². The molecule has 0 radical (unpaired) electrons. The number of benzene rings is 2. The van der Waals surface area contributed by atoms with Crippen LogP contribution in [0.1, 0.15) is 27.9 Å². The summed E-state index contributed by atoms with van der Waals surface area (Å²) in [6.45, 7) is 0.256. The number of nitrogens with one attached hydrogen (secondary N) is 1. The third-order valence-electron chi connectivity index (χ3n) is 4.82. The molecule has 2 heterocycles. The first-order valence-corrected chi connectivity index (χ1v) is 9.98. The number of amides is 2. The van der Waals surface area contributed by atoms with Crippen molar-refractivity contribution in [3.05, 3.63) is 120 Å². The van der Waals surface area contributed by atoms with Gasteiger partial charge >= 0.3 is 0 Å². The minimum atomic E-state index is -1.18. The summed E-state index contributed by atoms with van der Waals surface area (Å²) in [6, 6.07) is 21.8. The Morgan fingerprint density at radius 1 is 0.969 bits per heavy atom. The fraction of sp³-hybridized carbons (Fsp3) is 0.0800. The number of carbonyl (C=O) groups is 2. The molecule has 1 N–H and O–H groups in total. The van der Waals surface area contributed by atoms with Gasteiger partial charge in [-0.2, -0.15) is 0 Å². The molecule has 2 aromatic carbocycles. The highest BCUT2D eigenvalue weighted by molar-refractivity contribution is 6.08.